The fraction of sp³-hybridized carbons (Fsp3) is 0.294. The van der Waals surface area contributed by atoms with Crippen molar-refractivity contribution in [1.29, 1.82) is 0 Å². The second-order valence-corrected chi connectivity index (χ2v) is 11.7. The third-order valence-electron chi connectivity index (χ3n) is 8.70. The van der Waals surface area contributed by atoms with Crippen molar-refractivity contribution < 1.29 is 36.6 Å². The molecule has 1 aliphatic heterocycles. The van der Waals surface area contributed by atoms with E-state index < -0.39 is 59.4 Å². The van der Waals surface area contributed by atoms with E-state index in [0.29, 0.717) is 16.5 Å². The average Bonchev–Trinajstić information content (AvgIpc) is 3.10. The van der Waals surface area contributed by atoms with Gasteiger partial charge in [0.2, 0.25) is 0 Å². The Balaban J connectivity index is 1.34. The normalized spacial score (nSPS) is 15.7. The topological polar surface area (TPSA) is 138 Å². The van der Waals surface area contributed by atoms with Crippen molar-refractivity contribution in [2.24, 2.45) is 7.05 Å². The number of nitrogens with zero attached hydrogens (tertiary/aromatic N) is 5. The van der Waals surface area contributed by atoms with Crippen LogP contribution in [-0.2, 0) is 27.7 Å². The highest BCUT2D eigenvalue weighted by molar-refractivity contribution is 5.99. The molecule has 0 bridgehead atoms. The van der Waals surface area contributed by atoms with E-state index in [1.54, 1.807) is 24.3 Å². The summed E-state index contributed by atoms with van der Waals surface area (Å²) < 4.78 is 68.8. The molecule has 2 atom stereocenters. The molecule has 12 nitrogen and oxygen atoms in total. The molecule has 16 heteroatoms. The van der Waals surface area contributed by atoms with E-state index >= 15 is 4.39 Å². The van der Waals surface area contributed by atoms with Gasteiger partial charge in [0.15, 0.2) is 0 Å². The van der Waals surface area contributed by atoms with Crippen molar-refractivity contribution in [3.05, 3.63) is 104 Å². The standard InChI is InChI=1S/C34H30F4N6O6/c1-18-13-20(43-11-12-50-17-27(43)34(36,37)38)15-23(35)28(18)30(45)41-24(32(47)49-3)14-19-6-7-26(29-21(19)5-4-9-40-29)44-31(46)22-16-39-10-8-25(22)42(2)33(44)48/h4-10,13,15-16,24,27H,11-12,14,17H2,1-3H3,(H,41,45)/t24-,27+/m0/s1. The van der Waals surface area contributed by atoms with Crippen LogP contribution in [0.5, 0.6) is 0 Å². The van der Waals surface area contributed by atoms with Crippen LogP contribution in [0.4, 0.5) is 23.2 Å². The van der Waals surface area contributed by atoms with E-state index in [4.69, 9.17) is 9.47 Å². The number of esters is 1. The molecule has 1 amide bonds. The summed E-state index contributed by atoms with van der Waals surface area (Å²) in [6.45, 7) is 0.632. The number of pyridine rings is 2. The van der Waals surface area contributed by atoms with Gasteiger partial charge in [0.1, 0.15) is 17.9 Å². The third-order valence-corrected chi connectivity index (χ3v) is 8.70. The molecule has 260 valence electrons. The summed E-state index contributed by atoms with van der Waals surface area (Å²) >= 11 is 0. The van der Waals surface area contributed by atoms with Crippen molar-refractivity contribution in [2.75, 3.05) is 31.8 Å². The first-order valence-corrected chi connectivity index (χ1v) is 15.3. The van der Waals surface area contributed by atoms with E-state index in [-0.39, 0.29) is 47.4 Å². The van der Waals surface area contributed by atoms with Gasteiger partial charge in [-0.3, -0.25) is 24.1 Å². The van der Waals surface area contributed by atoms with Gasteiger partial charge >= 0.3 is 17.8 Å². The zero-order valence-corrected chi connectivity index (χ0v) is 27.0. The number of morpholine rings is 1. The number of carbonyl (C=O) groups excluding carboxylic acids is 2. The van der Waals surface area contributed by atoms with Gasteiger partial charge in [-0.15, -0.1) is 0 Å². The smallest absolute Gasteiger partial charge is 0.411 e. The molecule has 0 spiro atoms. The summed E-state index contributed by atoms with van der Waals surface area (Å²) in [5, 5.41) is 3.15. The lowest BCUT2D eigenvalue weighted by Gasteiger charge is -2.38. The Hall–Kier alpha value is -5.64. The lowest BCUT2D eigenvalue weighted by molar-refractivity contribution is -0.167. The summed E-state index contributed by atoms with van der Waals surface area (Å²) in [6.07, 6.45) is -0.506. The molecule has 6 rings (SSSR count). The van der Waals surface area contributed by atoms with Crippen LogP contribution in [0.15, 0.2) is 70.6 Å². The molecule has 2 aromatic carbocycles. The van der Waals surface area contributed by atoms with Gasteiger partial charge in [-0.2, -0.15) is 13.2 Å². The molecule has 1 N–H and O–H groups in total. The Morgan fingerprint density at radius 2 is 1.90 bits per heavy atom. The first kappa shape index (κ1) is 34.2. The molecule has 0 radical (unpaired) electrons. The van der Waals surface area contributed by atoms with Crippen LogP contribution in [0.25, 0.3) is 27.5 Å². The van der Waals surface area contributed by atoms with Crippen LogP contribution in [0, 0.1) is 12.7 Å². The lowest BCUT2D eigenvalue weighted by Crippen LogP contribution is -2.53. The highest BCUT2D eigenvalue weighted by Crippen LogP contribution is 2.33. The number of carbonyl (C=O) groups is 2. The number of alkyl halides is 3. The summed E-state index contributed by atoms with van der Waals surface area (Å²) in [5.41, 5.74) is -0.427. The molecule has 3 aromatic heterocycles. The summed E-state index contributed by atoms with van der Waals surface area (Å²) in [7, 11) is 2.63. The maximum absolute atomic E-state index is 15.5. The SMILES string of the molecule is COC(=O)[C@H](Cc1ccc(-n2c(=O)c3cnccc3n(C)c2=O)c2ncccc12)NC(=O)c1c(C)cc(N2CCOC[C@@H]2C(F)(F)F)cc1F. The number of aromatic nitrogens is 4. The van der Waals surface area contributed by atoms with Crippen LogP contribution in [0.3, 0.4) is 0 Å². The predicted molar refractivity (Wildman–Crippen MR) is 174 cm³/mol. The zero-order chi connectivity index (χ0) is 35.9. The van der Waals surface area contributed by atoms with Crippen LogP contribution < -0.4 is 21.5 Å². The van der Waals surface area contributed by atoms with Crippen molar-refractivity contribution in [2.45, 2.75) is 31.6 Å². The van der Waals surface area contributed by atoms with Crippen molar-refractivity contribution in [1.82, 2.24) is 24.4 Å². The monoisotopic (exact) mass is 694 g/mol. The highest BCUT2D eigenvalue weighted by atomic mass is 19.4. The molecule has 0 saturated carbocycles. The fourth-order valence-electron chi connectivity index (χ4n) is 6.24. The molecule has 50 heavy (non-hydrogen) atoms. The number of halogens is 4. The zero-order valence-electron chi connectivity index (χ0n) is 27.0. The van der Waals surface area contributed by atoms with Crippen LogP contribution in [0.1, 0.15) is 21.5 Å². The van der Waals surface area contributed by atoms with Gasteiger partial charge < -0.3 is 19.7 Å². The Kier molecular flexibility index (Phi) is 9.14. The second-order valence-electron chi connectivity index (χ2n) is 11.7. The van der Waals surface area contributed by atoms with Gasteiger partial charge in [0.25, 0.3) is 11.5 Å². The van der Waals surface area contributed by atoms with Crippen LogP contribution in [0.2, 0.25) is 0 Å². The molecular formula is C34H30F4N6O6. The van der Waals surface area contributed by atoms with E-state index in [1.807, 2.05) is 0 Å². The number of hydrogen-bond acceptors (Lipinski definition) is 9. The molecule has 0 aliphatic carbocycles. The van der Waals surface area contributed by atoms with Crippen LogP contribution >= 0.6 is 0 Å². The number of nitrogens with one attached hydrogen (secondary N) is 1. The lowest BCUT2D eigenvalue weighted by atomic mass is 9.99. The Morgan fingerprint density at radius 1 is 1.12 bits per heavy atom. The molecule has 4 heterocycles. The van der Waals surface area contributed by atoms with Crippen molar-refractivity contribution in [3.8, 4) is 5.69 Å². The average molecular weight is 695 g/mol. The quantitative estimate of drug-likeness (QED) is 0.201. The molecule has 0 unspecified atom stereocenters. The Bertz CT molecular complexity index is 2250. The number of rotatable bonds is 7. The minimum atomic E-state index is -4.63. The Morgan fingerprint density at radius 3 is 2.62 bits per heavy atom. The number of methoxy groups -OCH3 is 1. The first-order valence-electron chi connectivity index (χ1n) is 15.3. The van der Waals surface area contributed by atoms with Gasteiger partial charge in [-0.25, -0.2) is 18.5 Å². The number of ether oxygens (including phenoxy) is 2. The Labute approximate surface area is 280 Å². The third kappa shape index (κ3) is 6.17. The summed E-state index contributed by atoms with van der Waals surface area (Å²) in [6, 6.07) is 6.69. The predicted octanol–water partition coefficient (Wildman–Crippen LogP) is 3.36. The first-order chi connectivity index (χ1) is 23.8. The number of benzene rings is 2. The minimum Gasteiger partial charge on any atom is -0.467 e. The van der Waals surface area contributed by atoms with Crippen molar-refractivity contribution in [3.63, 3.8) is 0 Å². The number of anilines is 1. The van der Waals surface area contributed by atoms with E-state index in [9.17, 15) is 32.3 Å². The number of hydrogen-bond donors (Lipinski definition) is 1. The maximum atomic E-state index is 15.5. The number of aryl methyl sites for hydroxylation is 2. The van der Waals surface area contributed by atoms with Crippen LogP contribution in [-0.4, -0.2) is 76.1 Å². The minimum absolute atomic E-state index is 0.00854. The van der Waals surface area contributed by atoms with E-state index in [1.165, 1.54) is 49.3 Å². The second kappa shape index (κ2) is 13.3. The molecule has 1 saturated heterocycles. The van der Waals surface area contributed by atoms with Crippen molar-refractivity contribution >= 4 is 39.4 Å². The molecule has 5 aromatic rings. The number of fused-ring (bicyclic) bond motifs is 2. The van der Waals surface area contributed by atoms with E-state index in [0.717, 1.165) is 22.6 Å². The van der Waals surface area contributed by atoms with Gasteiger partial charge in [0, 0.05) is 49.7 Å². The number of amides is 1. The molecule has 1 aliphatic rings. The molecule has 1 fully saturated rings. The summed E-state index contributed by atoms with van der Waals surface area (Å²) in [4.78, 5) is 62.7. The maximum Gasteiger partial charge on any atom is 0.411 e. The highest BCUT2D eigenvalue weighted by Gasteiger charge is 2.45. The van der Waals surface area contributed by atoms with Gasteiger partial charge in [-0.1, -0.05) is 12.1 Å². The van der Waals surface area contributed by atoms with Gasteiger partial charge in [0.05, 0.1) is 48.0 Å². The largest absolute Gasteiger partial charge is 0.467 e. The fourth-order valence-corrected chi connectivity index (χ4v) is 6.24. The van der Waals surface area contributed by atoms with E-state index in [2.05, 4.69) is 15.3 Å². The van der Waals surface area contributed by atoms with Gasteiger partial charge in [-0.05, 0) is 48.4 Å². The molecular weight excluding hydrogens is 664 g/mol. The summed E-state index contributed by atoms with van der Waals surface area (Å²) in [5.74, 6) is -2.93.